The second-order valence-electron chi connectivity index (χ2n) is 10.0. The average molecular weight is 504 g/mol. The van der Waals surface area contributed by atoms with Crippen LogP contribution in [0.25, 0.3) is 6.08 Å². The molecule has 3 aromatic rings. The van der Waals surface area contributed by atoms with Gasteiger partial charge in [0.2, 0.25) is 0 Å². The van der Waals surface area contributed by atoms with Gasteiger partial charge in [-0.3, -0.25) is 9.52 Å². The third-order valence-corrected chi connectivity index (χ3v) is 7.31. The Morgan fingerprint density at radius 2 is 1.44 bits per heavy atom. The fourth-order valence-electron chi connectivity index (χ4n) is 4.13. The minimum Gasteiger partial charge on any atom is -0.368 e. The van der Waals surface area contributed by atoms with Crippen LogP contribution in [0.4, 0.5) is 11.4 Å². The van der Waals surface area contributed by atoms with Crippen LogP contribution in [0.3, 0.4) is 0 Å². The minimum absolute atomic E-state index is 0.0569. The Labute approximate surface area is 214 Å². The van der Waals surface area contributed by atoms with E-state index in [1.54, 1.807) is 18.2 Å². The van der Waals surface area contributed by atoms with Gasteiger partial charge in [0.1, 0.15) is 0 Å². The number of benzene rings is 3. The highest BCUT2D eigenvalue weighted by molar-refractivity contribution is 7.95. The summed E-state index contributed by atoms with van der Waals surface area (Å²) in [7, 11) is -3.61. The molecule has 1 saturated heterocycles. The van der Waals surface area contributed by atoms with Crippen LogP contribution in [0.2, 0.25) is 0 Å². The summed E-state index contributed by atoms with van der Waals surface area (Å²) in [5.41, 5.74) is 4.30. The normalized spacial score (nSPS) is 14.8. The van der Waals surface area contributed by atoms with Gasteiger partial charge in [0.25, 0.3) is 15.9 Å². The highest BCUT2D eigenvalue weighted by atomic mass is 32.2. The molecule has 0 aliphatic carbocycles. The fraction of sp³-hybridized carbons (Fsp3) is 0.276. The van der Waals surface area contributed by atoms with Crippen LogP contribution in [-0.2, 0) is 15.4 Å². The summed E-state index contributed by atoms with van der Waals surface area (Å²) in [6.45, 7) is 9.19. The number of carbonyl (C=O) groups excluding carboxylic acids is 1. The predicted octanol–water partition coefficient (Wildman–Crippen LogP) is 5.36. The van der Waals surface area contributed by atoms with E-state index < -0.39 is 10.0 Å². The molecule has 6 nitrogen and oxygen atoms in total. The molecule has 3 aromatic carbocycles. The first-order chi connectivity index (χ1) is 17.1. The molecule has 0 saturated carbocycles. The molecule has 4 rings (SSSR count). The van der Waals surface area contributed by atoms with Gasteiger partial charge in [0.05, 0.1) is 5.41 Å². The number of sulfonamides is 1. The molecule has 0 bridgehead atoms. The second-order valence-corrected chi connectivity index (χ2v) is 11.6. The molecule has 1 aliphatic rings. The van der Waals surface area contributed by atoms with Gasteiger partial charge in [-0.1, -0.05) is 63.2 Å². The zero-order chi connectivity index (χ0) is 25.8. The van der Waals surface area contributed by atoms with Crippen molar-refractivity contribution in [2.45, 2.75) is 26.2 Å². The quantitative estimate of drug-likeness (QED) is 0.492. The van der Waals surface area contributed by atoms with Gasteiger partial charge in [0, 0.05) is 43.1 Å². The van der Waals surface area contributed by atoms with E-state index >= 15 is 0 Å². The van der Waals surface area contributed by atoms with Gasteiger partial charge in [0.15, 0.2) is 0 Å². The first-order valence-corrected chi connectivity index (χ1v) is 13.7. The number of nitrogens with zero attached hydrogens (tertiary/aromatic N) is 2. The van der Waals surface area contributed by atoms with Gasteiger partial charge in [-0.2, -0.15) is 0 Å². The molecule has 0 atom stereocenters. The topological polar surface area (TPSA) is 69.7 Å². The molecular formula is C29H33N3O3S. The van der Waals surface area contributed by atoms with Crippen LogP contribution in [0, 0.1) is 0 Å². The van der Waals surface area contributed by atoms with E-state index in [0.717, 1.165) is 29.9 Å². The van der Waals surface area contributed by atoms with Crippen molar-refractivity contribution >= 4 is 33.4 Å². The van der Waals surface area contributed by atoms with Crippen molar-refractivity contribution in [1.29, 1.82) is 0 Å². The average Bonchev–Trinajstić information content (AvgIpc) is 2.88. The lowest BCUT2D eigenvalue weighted by Crippen LogP contribution is -2.48. The second kappa shape index (κ2) is 10.6. The van der Waals surface area contributed by atoms with Crippen molar-refractivity contribution in [3.8, 4) is 0 Å². The smallest absolute Gasteiger partial charge is 0.255 e. The Kier molecular flexibility index (Phi) is 7.50. The lowest BCUT2D eigenvalue weighted by Gasteiger charge is -2.36. The number of anilines is 2. The molecular weight excluding hydrogens is 470 g/mol. The summed E-state index contributed by atoms with van der Waals surface area (Å²) in [4.78, 5) is 17.1. The molecule has 0 aromatic heterocycles. The van der Waals surface area contributed by atoms with Crippen LogP contribution < -0.4 is 9.62 Å². The number of nitrogens with one attached hydrogen (secondary N) is 1. The first kappa shape index (κ1) is 25.5. The highest BCUT2D eigenvalue weighted by Gasteiger charge is 2.23. The number of rotatable bonds is 6. The zero-order valence-corrected chi connectivity index (χ0v) is 21.8. The van der Waals surface area contributed by atoms with E-state index in [1.165, 1.54) is 11.0 Å². The summed E-state index contributed by atoms with van der Waals surface area (Å²) < 4.78 is 27.4. The van der Waals surface area contributed by atoms with E-state index in [4.69, 9.17) is 0 Å². The molecule has 1 heterocycles. The number of amides is 1. The lowest BCUT2D eigenvalue weighted by molar-refractivity contribution is 0.0746. The van der Waals surface area contributed by atoms with Crippen molar-refractivity contribution in [2.75, 3.05) is 35.8 Å². The molecule has 1 N–H and O–H groups in total. The largest absolute Gasteiger partial charge is 0.368 e. The number of hydrogen-bond donors (Lipinski definition) is 1. The molecule has 188 valence electrons. The Morgan fingerprint density at radius 1 is 0.833 bits per heavy atom. The Hall–Kier alpha value is -3.58. The summed E-state index contributed by atoms with van der Waals surface area (Å²) in [5, 5.41) is 1.17. The van der Waals surface area contributed by atoms with E-state index in [-0.39, 0.29) is 11.3 Å². The van der Waals surface area contributed by atoms with Crippen molar-refractivity contribution < 1.29 is 13.2 Å². The Bertz CT molecular complexity index is 1300. The molecule has 7 heteroatoms. The molecule has 0 spiro atoms. The zero-order valence-electron chi connectivity index (χ0n) is 21.0. The summed E-state index contributed by atoms with van der Waals surface area (Å²) in [5.74, 6) is 0.0587. The van der Waals surface area contributed by atoms with Gasteiger partial charge in [-0.15, -0.1) is 0 Å². The molecule has 0 unspecified atom stereocenters. The van der Waals surface area contributed by atoms with Crippen molar-refractivity contribution in [1.82, 2.24) is 4.90 Å². The van der Waals surface area contributed by atoms with Crippen molar-refractivity contribution in [2.24, 2.45) is 0 Å². The fourth-order valence-corrected chi connectivity index (χ4v) is 5.00. The third kappa shape index (κ3) is 6.55. The standard InChI is InChI=1S/C29H33N3O3S/c1-29(2,3)25-11-9-24(10-12-25)28(33)32-20-18-31(19-21-32)27-15-13-26(14-16-27)30-36(34,35)22-17-23-7-5-4-6-8-23/h4-17,22,30H,18-21H2,1-3H3/b22-17+. The van der Waals surface area contributed by atoms with Gasteiger partial charge < -0.3 is 9.80 Å². The van der Waals surface area contributed by atoms with Crippen LogP contribution in [0.1, 0.15) is 42.3 Å². The molecule has 0 radical (unpaired) electrons. The number of piperazine rings is 1. The van der Waals surface area contributed by atoms with E-state index in [1.807, 2.05) is 71.6 Å². The maximum Gasteiger partial charge on any atom is 0.255 e. The minimum atomic E-state index is -3.61. The van der Waals surface area contributed by atoms with Gasteiger partial charge >= 0.3 is 0 Å². The molecule has 1 amide bonds. The van der Waals surface area contributed by atoms with E-state index in [9.17, 15) is 13.2 Å². The first-order valence-electron chi connectivity index (χ1n) is 12.1. The molecule has 1 fully saturated rings. The SMILES string of the molecule is CC(C)(C)c1ccc(C(=O)N2CCN(c3ccc(NS(=O)(=O)/C=C/c4ccccc4)cc3)CC2)cc1. The van der Waals surface area contributed by atoms with Crippen LogP contribution in [-0.4, -0.2) is 45.4 Å². The van der Waals surface area contributed by atoms with E-state index in [0.29, 0.717) is 18.8 Å². The highest BCUT2D eigenvalue weighted by Crippen LogP contribution is 2.24. The maximum atomic E-state index is 13.0. The van der Waals surface area contributed by atoms with Gasteiger partial charge in [-0.25, -0.2) is 8.42 Å². The molecule has 1 aliphatic heterocycles. The summed E-state index contributed by atoms with van der Waals surface area (Å²) in [6.07, 6.45) is 1.57. The number of hydrogen-bond acceptors (Lipinski definition) is 4. The Balaban J connectivity index is 1.32. The van der Waals surface area contributed by atoms with Crippen LogP contribution in [0.5, 0.6) is 0 Å². The third-order valence-electron chi connectivity index (χ3n) is 6.30. The summed E-state index contributed by atoms with van der Waals surface area (Å²) >= 11 is 0. The van der Waals surface area contributed by atoms with Crippen LogP contribution in [0.15, 0.2) is 84.3 Å². The number of carbonyl (C=O) groups is 1. The maximum absolute atomic E-state index is 13.0. The Morgan fingerprint density at radius 3 is 2.03 bits per heavy atom. The van der Waals surface area contributed by atoms with Gasteiger partial charge in [-0.05, 0) is 59.0 Å². The summed E-state index contributed by atoms with van der Waals surface area (Å²) in [6, 6.07) is 24.5. The monoisotopic (exact) mass is 503 g/mol. The van der Waals surface area contributed by atoms with Crippen molar-refractivity contribution in [3.63, 3.8) is 0 Å². The van der Waals surface area contributed by atoms with Crippen LogP contribution >= 0.6 is 0 Å². The molecule has 36 heavy (non-hydrogen) atoms. The lowest BCUT2D eigenvalue weighted by atomic mass is 9.86. The van der Waals surface area contributed by atoms with E-state index in [2.05, 4.69) is 30.4 Å². The predicted molar refractivity (Wildman–Crippen MR) is 148 cm³/mol. The van der Waals surface area contributed by atoms with Crippen molar-refractivity contribution in [3.05, 3.63) is 101 Å².